The molecule has 7 heteroatoms. The minimum absolute atomic E-state index is 0.253. The Morgan fingerprint density at radius 2 is 2.14 bits per heavy atom. The molecule has 0 amide bonds. The number of anilines is 2. The zero-order chi connectivity index (χ0) is 15.7. The molecule has 3 rings (SSSR count). The number of nitrogens with one attached hydrogen (secondary N) is 1. The van der Waals surface area contributed by atoms with Gasteiger partial charge in [0, 0.05) is 26.5 Å². The predicted molar refractivity (Wildman–Crippen MR) is 83.6 cm³/mol. The highest BCUT2D eigenvalue weighted by Gasteiger charge is 2.09. The van der Waals surface area contributed by atoms with Crippen LogP contribution in [-0.4, -0.2) is 33.4 Å². The van der Waals surface area contributed by atoms with Crippen LogP contribution >= 0.6 is 0 Å². The number of aryl methyl sites for hydroxylation is 1. The van der Waals surface area contributed by atoms with E-state index in [1.807, 2.05) is 35.9 Å². The van der Waals surface area contributed by atoms with Crippen LogP contribution < -0.4 is 10.2 Å². The summed E-state index contributed by atoms with van der Waals surface area (Å²) in [5.41, 5.74) is 2.92. The summed E-state index contributed by atoms with van der Waals surface area (Å²) in [5, 5.41) is 3.07. The highest BCUT2D eigenvalue weighted by atomic mass is 19.1. The molecule has 0 aliphatic rings. The molecule has 0 aromatic carbocycles. The first kappa shape index (κ1) is 14.2. The molecule has 0 radical (unpaired) electrons. The number of rotatable bonds is 4. The maximum absolute atomic E-state index is 13.6. The zero-order valence-corrected chi connectivity index (χ0v) is 12.7. The van der Waals surface area contributed by atoms with Crippen molar-refractivity contribution in [3.63, 3.8) is 0 Å². The van der Waals surface area contributed by atoms with Gasteiger partial charge >= 0.3 is 0 Å². The Balaban J connectivity index is 1.77. The number of nitrogens with zero attached hydrogens (tertiary/aromatic N) is 5. The second-order valence-corrected chi connectivity index (χ2v) is 5.31. The first-order chi connectivity index (χ1) is 10.5. The fourth-order valence-electron chi connectivity index (χ4n) is 2.15. The molecule has 3 aromatic heterocycles. The van der Waals surface area contributed by atoms with E-state index >= 15 is 0 Å². The smallest absolute Gasteiger partial charge is 0.225 e. The Hall–Kier alpha value is -2.70. The molecule has 0 atom stereocenters. The van der Waals surface area contributed by atoms with Crippen molar-refractivity contribution >= 4 is 17.4 Å². The number of fused-ring (bicyclic) bond motifs is 1. The summed E-state index contributed by atoms with van der Waals surface area (Å²) < 4.78 is 15.5. The third-order valence-electron chi connectivity index (χ3n) is 3.24. The monoisotopic (exact) mass is 300 g/mol. The van der Waals surface area contributed by atoms with Gasteiger partial charge in [0.05, 0.1) is 18.4 Å². The van der Waals surface area contributed by atoms with Crippen molar-refractivity contribution in [1.82, 2.24) is 19.4 Å². The van der Waals surface area contributed by atoms with E-state index in [-0.39, 0.29) is 5.82 Å². The van der Waals surface area contributed by atoms with Gasteiger partial charge in [-0.15, -0.1) is 0 Å². The lowest BCUT2D eigenvalue weighted by Gasteiger charge is -2.13. The Bertz CT molecular complexity index is 811. The van der Waals surface area contributed by atoms with Gasteiger partial charge in [0.15, 0.2) is 11.6 Å². The third kappa shape index (κ3) is 2.83. The maximum atomic E-state index is 13.6. The Kier molecular flexibility index (Phi) is 3.62. The lowest BCUT2D eigenvalue weighted by atomic mass is 10.3. The minimum atomic E-state index is -0.446. The average molecular weight is 300 g/mol. The number of hydrogen-bond donors (Lipinski definition) is 1. The Morgan fingerprint density at radius 1 is 1.32 bits per heavy atom. The molecule has 0 fully saturated rings. The van der Waals surface area contributed by atoms with Gasteiger partial charge in [0.1, 0.15) is 5.65 Å². The molecule has 0 saturated heterocycles. The van der Waals surface area contributed by atoms with Crippen LogP contribution in [0.25, 0.3) is 5.65 Å². The molecule has 0 aliphatic carbocycles. The highest BCUT2D eigenvalue weighted by Crippen LogP contribution is 2.15. The number of halogens is 1. The van der Waals surface area contributed by atoms with E-state index in [9.17, 15) is 4.39 Å². The number of pyridine rings is 1. The maximum Gasteiger partial charge on any atom is 0.225 e. The van der Waals surface area contributed by atoms with Crippen molar-refractivity contribution in [2.24, 2.45) is 0 Å². The topological polar surface area (TPSA) is 58.4 Å². The van der Waals surface area contributed by atoms with Gasteiger partial charge < -0.3 is 14.6 Å². The molecule has 114 valence electrons. The number of imidazole rings is 1. The summed E-state index contributed by atoms with van der Waals surface area (Å²) in [5.74, 6) is 0.181. The number of hydrogen-bond acceptors (Lipinski definition) is 5. The largest absolute Gasteiger partial charge is 0.360 e. The van der Waals surface area contributed by atoms with Gasteiger partial charge in [-0.05, 0) is 24.6 Å². The van der Waals surface area contributed by atoms with Crippen molar-refractivity contribution in [1.29, 1.82) is 0 Å². The van der Waals surface area contributed by atoms with E-state index in [0.29, 0.717) is 12.5 Å². The highest BCUT2D eigenvalue weighted by molar-refractivity contribution is 5.44. The van der Waals surface area contributed by atoms with Crippen LogP contribution in [0.5, 0.6) is 0 Å². The van der Waals surface area contributed by atoms with Crippen LogP contribution in [0.2, 0.25) is 0 Å². The van der Waals surface area contributed by atoms with Gasteiger partial charge in [0.2, 0.25) is 5.95 Å². The Morgan fingerprint density at radius 3 is 2.91 bits per heavy atom. The zero-order valence-electron chi connectivity index (χ0n) is 12.7. The summed E-state index contributed by atoms with van der Waals surface area (Å²) in [6.45, 7) is 2.50. The predicted octanol–water partition coefficient (Wildman–Crippen LogP) is 2.25. The summed E-state index contributed by atoms with van der Waals surface area (Å²) in [7, 11) is 3.47. The molecule has 1 N–H and O–H groups in total. The lowest BCUT2D eigenvalue weighted by Crippen LogP contribution is -2.15. The van der Waals surface area contributed by atoms with Gasteiger partial charge in [0.25, 0.3) is 0 Å². The van der Waals surface area contributed by atoms with Crippen LogP contribution in [0.1, 0.15) is 11.3 Å². The van der Waals surface area contributed by atoms with Crippen LogP contribution in [0.15, 0.2) is 30.7 Å². The molecule has 0 spiro atoms. The van der Waals surface area contributed by atoms with E-state index in [1.54, 1.807) is 19.0 Å². The van der Waals surface area contributed by atoms with Crippen LogP contribution in [-0.2, 0) is 6.54 Å². The second-order valence-electron chi connectivity index (χ2n) is 5.31. The summed E-state index contributed by atoms with van der Waals surface area (Å²) in [4.78, 5) is 14.2. The quantitative estimate of drug-likeness (QED) is 0.801. The standard InChI is InChI=1S/C15H17FN6/c1-10-4-5-22-9-11(19-13(22)6-10)7-17-15-18-8-12(16)14(20-15)21(2)3/h4-6,8-9H,7H2,1-3H3,(H,17,18,20). The van der Waals surface area contributed by atoms with Gasteiger partial charge in [-0.1, -0.05) is 0 Å². The van der Waals surface area contributed by atoms with E-state index in [4.69, 9.17) is 0 Å². The Labute approximate surface area is 127 Å². The molecule has 22 heavy (non-hydrogen) atoms. The first-order valence-electron chi connectivity index (χ1n) is 6.91. The molecule has 0 aliphatic heterocycles. The minimum Gasteiger partial charge on any atom is -0.360 e. The van der Waals surface area contributed by atoms with E-state index < -0.39 is 5.82 Å². The molecular weight excluding hydrogens is 283 g/mol. The van der Waals surface area contributed by atoms with Crippen LogP contribution in [0, 0.1) is 12.7 Å². The first-order valence-corrected chi connectivity index (χ1v) is 6.91. The average Bonchev–Trinajstić information content (AvgIpc) is 2.88. The molecule has 3 aromatic rings. The summed E-state index contributed by atoms with van der Waals surface area (Å²) in [6, 6.07) is 4.04. The molecule has 0 bridgehead atoms. The van der Waals surface area contributed by atoms with Gasteiger partial charge in [-0.3, -0.25) is 0 Å². The van der Waals surface area contributed by atoms with Crippen molar-refractivity contribution in [3.05, 3.63) is 47.8 Å². The van der Waals surface area contributed by atoms with E-state index in [0.717, 1.165) is 23.1 Å². The van der Waals surface area contributed by atoms with Crippen LogP contribution in [0.4, 0.5) is 16.2 Å². The summed E-state index contributed by atoms with van der Waals surface area (Å²) >= 11 is 0. The molecule has 0 unspecified atom stereocenters. The van der Waals surface area contributed by atoms with Crippen molar-refractivity contribution in [2.45, 2.75) is 13.5 Å². The van der Waals surface area contributed by atoms with Gasteiger partial charge in [-0.25, -0.2) is 14.4 Å². The third-order valence-corrected chi connectivity index (χ3v) is 3.24. The normalized spacial score (nSPS) is 10.9. The second kappa shape index (κ2) is 5.59. The SMILES string of the molecule is Cc1ccn2cc(CNc3ncc(F)c(N(C)C)n3)nc2c1. The van der Waals surface area contributed by atoms with Crippen molar-refractivity contribution < 1.29 is 4.39 Å². The van der Waals surface area contributed by atoms with Gasteiger partial charge in [-0.2, -0.15) is 4.98 Å². The van der Waals surface area contributed by atoms with E-state index in [1.165, 1.54) is 0 Å². The van der Waals surface area contributed by atoms with Crippen molar-refractivity contribution in [2.75, 3.05) is 24.3 Å². The molecular formula is C15H17FN6. The molecule has 0 saturated carbocycles. The molecule has 6 nitrogen and oxygen atoms in total. The fraction of sp³-hybridized carbons (Fsp3) is 0.267. The summed E-state index contributed by atoms with van der Waals surface area (Å²) in [6.07, 6.45) is 5.08. The number of aromatic nitrogens is 4. The van der Waals surface area contributed by atoms with E-state index in [2.05, 4.69) is 20.3 Å². The lowest BCUT2D eigenvalue weighted by molar-refractivity contribution is 0.612. The molecule has 3 heterocycles. The fourth-order valence-corrected chi connectivity index (χ4v) is 2.15. The van der Waals surface area contributed by atoms with Crippen molar-refractivity contribution in [3.8, 4) is 0 Å². The van der Waals surface area contributed by atoms with Crippen LogP contribution in [0.3, 0.4) is 0 Å².